The van der Waals surface area contributed by atoms with Crippen LogP contribution in [-0.4, -0.2) is 4.98 Å². The third-order valence-corrected chi connectivity index (χ3v) is 2.88. The smallest absolute Gasteiger partial charge is 0.0303 e. The molecule has 0 saturated carbocycles. The lowest BCUT2D eigenvalue weighted by molar-refractivity contribution is 1.27. The second-order valence-corrected chi connectivity index (χ2v) is 4.02. The van der Waals surface area contributed by atoms with Gasteiger partial charge in [-0.3, -0.25) is 4.98 Å². The molecule has 0 atom stereocenters. The number of rotatable bonds is 1. The summed E-state index contributed by atoms with van der Waals surface area (Å²) >= 11 is 3.55. The van der Waals surface area contributed by atoms with Crippen LogP contribution in [0.4, 0.5) is 0 Å². The Morgan fingerprint density at radius 1 is 1.07 bits per heavy atom. The van der Waals surface area contributed by atoms with Crippen LogP contribution in [-0.2, 0) is 0 Å². The van der Waals surface area contributed by atoms with Gasteiger partial charge in [0.2, 0.25) is 0 Å². The lowest BCUT2D eigenvalue weighted by Crippen LogP contribution is -1.85. The van der Waals surface area contributed by atoms with Crippen LogP contribution in [0.25, 0.3) is 11.1 Å². The molecule has 0 amide bonds. The summed E-state index contributed by atoms with van der Waals surface area (Å²) in [5.41, 5.74) is 3.64. The minimum atomic E-state index is 1.12. The Morgan fingerprint density at radius 2 is 1.86 bits per heavy atom. The van der Waals surface area contributed by atoms with Crippen LogP contribution >= 0.6 is 15.9 Å². The third kappa shape index (κ3) is 1.70. The van der Waals surface area contributed by atoms with Crippen molar-refractivity contribution < 1.29 is 0 Å². The maximum atomic E-state index is 4.08. The summed E-state index contributed by atoms with van der Waals surface area (Å²) in [5.74, 6) is 0. The molecule has 2 rings (SSSR count). The van der Waals surface area contributed by atoms with E-state index in [1.807, 2.05) is 30.6 Å². The predicted molar refractivity (Wildman–Crippen MR) is 62.1 cm³/mol. The first-order valence-corrected chi connectivity index (χ1v) is 5.24. The van der Waals surface area contributed by atoms with Crippen molar-refractivity contribution >= 4 is 15.9 Å². The molecule has 0 aliphatic heterocycles. The third-order valence-electron chi connectivity index (χ3n) is 2.18. The minimum Gasteiger partial charge on any atom is -0.264 e. The van der Waals surface area contributed by atoms with E-state index in [0.717, 1.165) is 4.47 Å². The van der Waals surface area contributed by atoms with Crippen LogP contribution in [0.2, 0.25) is 0 Å². The van der Waals surface area contributed by atoms with Crippen molar-refractivity contribution in [2.24, 2.45) is 0 Å². The van der Waals surface area contributed by atoms with E-state index in [4.69, 9.17) is 0 Å². The highest BCUT2D eigenvalue weighted by Crippen LogP contribution is 2.29. The zero-order valence-corrected chi connectivity index (χ0v) is 9.45. The summed E-state index contributed by atoms with van der Waals surface area (Å²) in [6.45, 7) is 2.07. The Labute approximate surface area is 91.9 Å². The number of aromatic nitrogens is 1. The van der Waals surface area contributed by atoms with Crippen molar-refractivity contribution in [3.63, 3.8) is 0 Å². The fourth-order valence-corrected chi connectivity index (χ4v) is 1.95. The molecule has 2 heteroatoms. The fraction of sp³-hybridized carbons (Fsp3) is 0.0833. The largest absolute Gasteiger partial charge is 0.264 e. The van der Waals surface area contributed by atoms with Crippen LogP contribution < -0.4 is 0 Å². The highest BCUT2D eigenvalue weighted by Gasteiger charge is 2.03. The standard InChI is InChI=1S/C12H10BrN/c1-9-8-14-7-6-10(9)11-4-2-3-5-12(11)13/h2-8H,1H3. The number of halogens is 1. The monoisotopic (exact) mass is 247 g/mol. The van der Waals surface area contributed by atoms with E-state index < -0.39 is 0 Å². The van der Waals surface area contributed by atoms with Gasteiger partial charge in [-0.2, -0.15) is 0 Å². The summed E-state index contributed by atoms with van der Waals surface area (Å²) in [6.07, 6.45) is 3.70. The summed E-state index contributed by atoms with van der Waals surface area (Å²) in [4.78, 5) is 4.08. The molecule has 0 fully saturated rings. The quantitative estimate of drug-likeness (QED) is 0.747. The Balaban J connectivity index is 2.61. The van der Waals surface area contributed by atoms with Crippen LogP contribution in [0, 0.1) is 6.92 Å². The molecule has 0 saturated heterocycles. The summed E-state index contributed by atoms with van der Waals surface area (Å²) < 4.78 is 1.12. The molecule has 0 aliphatic carbocycles. The molecule has 0 aliphatic rings. The molecule has 1 aromatic heterocycles. The average Bonchev–Trinajstić information content (AvgIpc) is 2.20. The summed E-state index contributed by atoms with van der Waals surface area (Å²) in [6, 6.07) is 10.3. The van der Waals surface area contributed by atoms with E-state index in [1.54, 1.807) is 0 Å². The summed E-state index contributed by atoms with van der Waals surface area (Å²) in [5, 5.41) is 0. The fourth-order valence-electron chi connectivity index (χ4n) is 1.46. The van der Waals surface area contributed by atoms with Crippen molar-refractivity contribution in [3.8, 4) is 11.1 Å². The van der Waals surface area contributed by atoms with Gasteiger partial charge in [-0.25, -0.2) is 0 Å². The van der Waals surface area contributed by atoms with E-state index in [9.17, 15) is 0 Å². The van der Waals surface area contributed by atoms with Gasteiger partial charge in [-0.15, -0.1) is 0 Å². The molecule has 1 aromatic carbocycles. The van der Waals surface area contributed by atoms with Crippen LogP contribution in [0.15, 0.2) is 47.2 Å². The van der Waals surface area contributed by atoms with Gasteiger partial charge in [0.15, 0.2) is 0 Å². The highest BCUT2D eigenvalue weighted by atomic mass is 79.9. The number of aryl methyl sites for hydroxylation is 1. The van der Waals surface area contributed by atoms with E-state index in [2.05, 4.69) is 40.0 Å². The Morgan fingerprint density at radius 3 is 2.57 bits per heavy atom. The zero-order valence-electron chi connectivity index (χ0n) is 7.87. The molecule has 1 heterocycles. The van der Waals surface area contributed by atoms with Gasteiger partial charge in [0.1, 0.15) is 0 Å². The average molecular weight is 248 g/mol. The number of benzene rings is 1. The van der Waals surface area contributed by atoms with E-state index in [0.29, 0.717) is 0 Å². The second-order valence-electron chi connectivity index (χ2n) is 3.17. The lowest BCUT2D eigenvalue weighted by atomic mass is 10.0. The Kier molecular flexibility index (Phi) is 2.64. The molecular weight excluding hydrogens is 238 g/mol. The number of nitrogens with zero attached hydrogens (tertiary/aromatic N) is 1. The molecule has 2 aromatic rings. The second kappa shape index (κ2) is 3.93. The van der Waals surface area contributed by atoms with Crippen molar-refractivity contribution in [2.45, 2.75) is 6.92 Å². The normalized spacial score (nSPS) is 10.1. The van der Waals surface area contributed by atoms with E-state index in [1.165, 1.54) is 16.7 Å². The van der Waals surface area contributed by atoms with Crippen molar-refractivity contribution in [1.82, 2.24) is 4.98 Å². The number of pyridine rings is 1. The SMILES string of the molecule is Cc1cnccc1-c1ccccc1Br. The molecule has 70 valence electrons. The highest BCUT2D eigenvalue weighted by molar-refractivity contribution is 9.10. The number of hydrogen-bond donors (Lipinski definition) is 0. The first kappa shape index (κ1) is 9.41. The van der Waals surface area contributed by atoms with Crippen molar-refractivity contribution in [2.75, 3.05) is 0 Å². The molecule has 0 unspecified atom stereocenters. The molecule has 0 radical (unpaired) electrons. The number of hydrogen-bond acceptors (Lipinski definition) is 1. The van der Waals surface area contributed by atoms with Crippen LogP contribution in [0.1, 0.15) is 5.56 Å². The predicted octanol–water partition coefficient (Wildman–Crippen LogP) is 3.82. The van der Waals surface area contributed by atoms with Crippen LogP contribution in [0.5, 0.6) is 0 Å². The van der Waals surface area contributed by atoms with E-state index in [-0.39, 0.29) is 0 Å². The topological polar surface area (TPSA) is 12.9 Å². The first-order valence-electron chi connectivity index (χ1n) is 4.44. The van der Waals surface area contributed by atoms with Crippen LogP contribution in [0.3, 0.4) is 0 Å². The van der Waals surface area contributed by atoms with Gasteiger partial charge in [-0.1, -0.05) is 34.1 Å². The maximum absolute atomic E-state index is 4.08. The van der Waals surface area contributed by atoms with E-state index >= 15 is 0 Å². The summed E-state index contributed by atoms with van der Waals surface area (Å²) in [7, 11) is 0. The molecular formula is C12H10BrN. The maximum Gasteiger partial charge on any atom is 0.0303 e. The molecule has 14 heavy (non-hydrogen) atoms. The molecule has 0 spiro atoms. The molecule has 0 bridgehead atoms. The van der Waals surface area contributed by atoms with Crippen molar-refractivity contribution in [1.29, 1.82) is 0 Å². The van der Waals surface area contributed by atoms with Gasteiger partial charge >= 0.3 is 0 Å². The molecule has 1 nitrogen and oxygen atoms in total. The zero-order chi connectivity index (χ0) is 9.97. The Hall–Kier alpha value is -1.15. The van der Waals surface area contributed by atoms with Gasteiger partial charge in [0, 0.05) is 16.9 Å². The van der Waals surface area contributed by atoms with Crippen molar-refractivity contribution in [3.05, 3.63) is 52.8 Å². The van der Waals surface area contributed by atoms with Gasteiger partial charge < -0.3 is 0 Å². The van der Waals surface area contributed by atoms with Gasteiger partial charge in [0.25, 0.3) is 0 Å². The molecule has 0 N–H and O–H groups in total. The minimum absolute atomic E-state index is 1.12. The van der Waals surface area contributed by atoms with Gasteiger partial charge in [0.05, 0.1) is 0 Å². The lowest BCUT2D eigenvalue weighted by Gasteiger charge is -2.06. The Bertz CT molecular complexity index is 408. The first-order chi connectivity index (χ1) is 6.79. The van der Waals surface area contributed by atoms with Gasteiger partial charge in [-0.05, 0) is 35.7 Å².